The van der Waals surface area contributed by atoms with Crippen LogP contribution in [0.5, 0.6) is 5.75 Å². The highest BCUT2D eigenvalue weighted by Crippen LogP contribution is 2.31. The molecular formula is C20H23N5O5S. The Hall–Kier alpha value is -3.02. The van der Waals surface area contributed by atoms with Gasteiger partial charge >= 0.3 is 0 Å². The van der Waals surface area contributed by atoms with E-state index in [9.17, 15) is 13.2 Å². The number of nitrogens with one attached hydrogen (secondary N) is 1. The van der Waals surface area contributed by atoms with Gasteiger partial charge in [-0.05, 0) is 38.1 Å². The van der Waals surface area contributed by atoms with Crippen LogP contribution >= 0.6 is 0 Å². The fraction of sp³-hybridized carbons (Fsp3) is 0.350. The Labute approximate surface area is 179 Å². The van der Waals surface area contributed by atoms with E-state index in [1.807, 2.05) is 0 Å². The Balaban J connectivity index is 1.68. The van der Waals surface area contributed by atoms with Gasteiger partial charge in [0.25, 0.3) is 5.91 Å². The number of nitrogens with zero attached hydrogens (tertiary/aromatic N) is 4. The van der Waals surface area contributed by atoms with Gasteiger partial charge in [-0.25, -0.2) is 17.9 Å². The third-order valence-corrected chi connectivity index (χ3v) is 6.81. The number of hydrogen-bond acceptors (Lipinski definition) is 7. The van der Waals surface area contributed by atoms with E-state index < -0.39 is 15.9 Å². The molecule has 31 heavy (non-hydrogen) atoms. The second kappa shape index (κ2) is 8.61. The smallest absolute Gasteiger partial charge is 0.261 e. The van der Waals surface area contributed by atoms with E-state index in [0.717, 1.165) is 0 Å². The van der Waals surface area contributed by atoms with Crippen LogP contribution in [0.4, 0.5) is 5.69 Å². The zero-order valence-electron chi connectivity index (χ0n) is 17.2. The first-order chi connectivity index (χ1) is 14.9. The van der Waals surface area contributed by atoms with Crippen molar-refractivity contribution in [3.63, 3.8) is 0 Å². The van der Waals surface area contributed by atoms with Crippen LogP contribution in [0.3, 0.4) is 0 Å². The molecule has 0 atom stereocenters. The van der Waals surface area contributed by atoms with E-state index in [1.165, 1.54) is 14.9 Å². The first-order valence-electron chi connectivity index (χ1n) is 9.88. The minimum absolute atomic E-state index is 0.00348. The zero-order chi connectivity index (χ0) is 22.0. The highest BCUT2D eigenvalue weighted by molar-refractivity contribution is 7.89. The number of aromatic nitrogens is 3. The minimum atomic E-state index is -3.82. The van der Waals surface area contributed by atoms with Crippen LogP contribution in [0.25, 0.3) is 5.65 Å². The van der Waals surface area contributed by atoms with Crippen LogP contribution < -0.4 is 10.1 Å². The van der Waals surface area contributed by atoms with Gasteiger partial charge in [-0.1, -0.05) is 0 Å². The molecule has 0 aliphatic carbocycles. The molecule has 10 nitrogen and oxygen atoms in total. The number of carbonyl (C=O) groups excluding carboxylic acids is 1. The molecule has 0 bridgehead atoms. The summed E-state index contributed by atoms with van der Waals surface area (Å²) in [6, 6.07) is 6.29. The van der Waals surface area contributed by atoms with Gasteiger partial charge in [0.05, 0.1) is 25.5 Å². The third-order valence-electron chi connectivity index (χ3n) is 4.89. The summed E-state index contributed by atoms with van der Waals surface area (Å²) in [6.45, 7) is 5.00. The Morgan fingerprint density at radius 3 is 2.81 bits per heavy atom. The van der Waals surface area contributed by atoms with Crippen molar-refractivity contribution in [2.24, 2.45) is 0 Å². The lowest BCUT2D eigenvalue weighted by Crippen LogP contribution is -2.40. The van der Waals surface area contributed by atoms with Crippen molar-refractivity contribution in [3.8, 4) is 5.75 Å². The minimum Gasteiger partial charge on any atom is -0.492 e. The molecule has 0 spiro atoms. The summed E-state index contributed by atoms with van der Waals surface area (Å²) in [5, 5.41) is 7.06. The molecule has 1 N–H and O–H groups in total. The van der Waals surface area contributed by atoms with Crippen molar-refractivity contribution in [2.45, 2.75) is 18.7 Å². The molecule has 3 aromatic rings. The maximum atomic E-state index is 13.2. The molecule has 1 aromatic carbocycles. The molecule has 0 unspecified atom stereocenters. The van der Waals surface area contributed by atoms with Crippen molar-refractivity contribution in [3.05, 3.63) is 47.9 Å². The number of carbonyl (C=O) groups is 1. The highest BCUT2D eigenvalue weighted by atomic mass is 32.2. The summed E-state index contributed by atoms with van der Waals surface area (Å²) in [7, 11) is -3.82. The zero-order valence-corrected chi connectivity index (χ0v) is 18.1. The van der Waals surface area contributed by atoms with Gasteiger partial charge in [-0.2, -0.15) is 9.40 Å². The number of morpholine rings is 1. The fourth-order valence-corrected chi connectivity index (χ4v) is 5.01. The van der Waals surface area contributed by atoms with Gasteiger partial charge in [0.2, 0.25) is 10.0 Å². The summed E-state index contributed by atoms with van der Waals surface area (Å²) >= 11 is 0. The average Bonchev–Trinajstić information content (AvgIpc) is 3.11. The Bertz CT molecular complexity index is 1220. The molecule has 4 rings (SSSR count). The second-order valence-corrected chi connectivity index (χ2v) is 8.82. The van der Waals surface area contributed by atoms with Gasteiger partial charge in [-0.15, -0.1) is 0 Å². The first kappa shape index (κ1) is 21.2. The summed E-state index contributed by atoms with van der Waals surface area (Å²) in [5.41, 5.74) is 1.59. The SMILES string of the molecule is CCOc1ccc(NC(=O)c2c(C)nn3cccnc23)cc1S(=O)(=O)N1CCOCC1. The lowest BCUT2D eigenvalue weighted by molar-refractivity contribution is 0.0729. The molecule has 11 heteroatoms. The molecule has 0 radical (unpaired) electrons. The van der Waals surface area contributed by atoms with Crippen LogP contribution in [0.1, 0.15) is 23.0 Å². The second-order valence-electron chi connectivity index (χ2n) is 6.91. The molecule has 164 valence electrons. The van der Waals surface area contributed by atoms with Crippen LogP contribution in [0.15, 0.2) is 41.6 Å². The summed E-state index contributed by atoms with van der Waals surface area (Å²) in [6.07, 6.45) is 3.28. The summed E-state index contributed by atoms with van der Waals surface area (Å²) in [5.74, 6) is -0.189. The van der Waals surface area contributed by atoms with Gasteiger partial charge in [0, 0.05) is 31.2 Å². The maximum Gasteiger partial charge on any atom is 0.261 e. The van der Waals surface area contributed by atoms with Crippen LogP contribution in [-0.2, 0) is 14.8 Å². The molecule has 2 aromatic heterocycles. The topological polar surface area (TPSA) is 115 Å². The number of rotatable bonds is 6. The molecule has 0 saturated carbocycles. The Morgan fingerprint density at radius 2 is 2.06 bits per heavy atom. The number of hydrogen-bond donors (Lipinski definition) is 1. The molecule has 1 amide bonds. The van der Waals surface area contributed by atoms with Crippen molar-refractivity contribution in [1.29, 1.82) is 0 Å². The van der Waals surface area contributed by atoms with Crippen molar-refractivity contribution in [2.75, 3.05) is 38.2 Å². The van der Waals surface area contributed by atoms with Gasteiger partial charge in [0.15, 0.2) is 5.65 Å². The van der Waals surface area contributed by atoms with E-state index in [1.54, 1.807) is 44.4 Å². The van der Waals surface area contributed by atoms with E-state index in [0.29, 0.717) is 42.4 Å². The van der Waals surface area contributed by atoms with Crippen LogP contribution in [0, 0.1) is 6.92 Å². The number of ether oxygens (including phenoxy) is 2. The molecule has 1 fully saturated rings. The summed E-state index contributed by atoms with van der Waals surface area (Å²) < 4.78 is 40.2. The highest BCUT2D eigenvalue weighted by Gasteiger charge is 2.30. The normalized spacial score (nSPS) is 15.2. The molecule has 3 heterocycles. The molecule has 1 saturated heterocycles. The average molecular weight is 446 g/mol. The third kappa shape index (κ3) is 4.11. The monoisotopic (exact) mass is 445 g/mol. The number of sulfonamides is 1. The predicted molar refractivity (Wildman–Crippen MR) is 113 cm³/mol. The fourth-order valence-electron chi connectivity index (χ4n) is 3.44. The largest absolute Gasteiger partial charge is 0.492 e. The quantitative estimate of drug-likeness (QED) is 0.614. The van der Waals surface area contributed by atoms with E-state index in [2.05, 4.69) is 15.4 Å². The van der Waals surface area contributed by atoms with E-state index in [-0.39, 0.29) is 23.7 Å². The lowest BCUT2D eigenvalue weighted by Gasteiger charge is -2.27. The Morgan fingerprint density at radius 1 is 1.29 bits per heavy atom. The molecular weight excluding hydrogens is 422 g/mol. The predicted octanol–water partition coefficient (Wildman–Crippen LogP) is 1.71. The summed E-state index contributed by atoms with van der Waals surface area (Å²) in [4.78, 5) is 17.2. The number of fused-ring (bicyclic) bond motifs is 1. The van der Waals surface area contributed by atoms with Crippen LogP contribution in [0.2, 0.25) is 0 Å². The van der Waals surface area contributed by atoms with E-state index in [4.69, 9.17) is 9.47 Å². The number of anilines is 1. The van der Waals surface area contributed by atoms with Crippen molar-refractivity contribution < 1.29 is 22.7 Å². The Kier molecular flexibility index (Phi) is 5.90. The lowest BCUT2D eigenvalue weighted by atomic mass is 10.2. The van der Waals surface area contributed by atoms with Gasteiger partial charge < -0.3 is 14.8 Å². The number of aryl methyl sites for hydroxylation is 1. The molecule has 1 aliphatic heterocycles. The van der Waals surface area contributed by atoms with E-state index >= 15 is 0 Å². The number of amides is 1. The van der Waals surface area contributed by atoms with Gasteiger partial charge in [-0.3, -0.25) is 4.79 Å². The van der Waals surface area contributed by atoms with Crippen molar-refractivity contribution >= 4 is 27.3 Å². The molecule has 1 aliphatic rings. The van der Waals surface area contributed by atoms with Crippen molar-refractivity contribution in [1.82, 2.24) is 18.9 Å². The van der Waals surface area contributed by atoms with Gasteiger partial charge in [0.1, 0.15) is 16.2 Å². The maximum absolute atomic E-state index is 13.2. The van der Waals surface area contributed by atoms with Crippen LogP contribution in [-0.4, -0.2) is 66.1 Å². The first-order valence-corrected chi connectivity index (χ1v) is 11.3. The number of benzene rings is 1. The standard InChI is InChI=1S/C20H23N5O5S/c1-3-30-16-6-5-15(13-17(16)31(27,28)24-9-11-29-12-10-24)22-20(26)18-14(2)23-25-8-4-7-21-19(18)25/h4-8,13H,3,9-12H2,1-2H3,(H,22,26).